The molecular formula is C13H13NO3S. The number of allylic oxidation sites excluding steroid dienone is 1. The molecular weight excluding hydrogens is 250 g/mol. The second-order valence-electron chi connectivity index (χ2n) is 3.82. The van der Waals surface area contributed by atoms with Crippen LogP contribution in [0.15, 0.2) is 18.7 Å². The number of methoxy groups -OCH3 is 2. The summed E-state index contributed by atoms with van der Waals surface area (Å²) >= 11 is 1.48. The van der Waals surface area contributed by atoms with Gasteiger partial charge in [0.25, 0.3) is 0 Å². The molecule has 1 aromatic heterocycles. The van der Waals surface area contributed by atoms with Gasteiger partial charge in [0.2, 0.25) is 0 Å². The van der Waals surface area contributed by atoms with Crippen molar-refractivity contribution < 1.29 is 14.3 Å². The lowest BCUT2D eigenvalue weighted by atomic mass is 10.2. The van der Waals surface area contributed by atoms with Crippen LogP contribution in [0.4, 0.5) is 0 Å². The highest BCUT2D eigenvalue weighted by atomic mass is 32.1. The molecule has 0 aliphatic carbocycles. The average Bonchev–Trinajstić information content (AvgIpc) is 2.80. The van der Waals surface area contributed by atoms with E-state index < -0.39 is 0 Å². The van der Waals surface area contributed by atoms with E-state index in [0.717, 1.165) is 20.8 Å². The van der Waals surface area contributed by atoms with Crippen molar-refractivity contribution in [2.45, 2.75) is 6.92 Å². The van der Waals surface area contributed by atoms with Crippen molar-refractivity contribution in [3.8, 4) is 5.75 Å². The number of carbonyl (C=O) groups is 1. The first kappa shape index (κ1) is 12.6. The Morgan fingerprint density at radius 3 is 2.67 bits per heavy atom. The third-order valence-electron chi connectivity index (χ3n) is 2.47. The normalized spacial score (nSPS) is 10.4. The van der Waals surface area contributed by atoms with Gasteiger partial charge in [-0.25, -0.2) is 9.78 Å². The number of esters is 1. The highest BCUT2D eigenvalue weighted by Crippen LogP contribution is 2.33. The Kier molecular flexibility index (Phi) is 3.34. The monoisotopic (exact) mass is 263 g/mol. The van der Waals surface area contributed by atoms with Crippen LogP contribution in [0.5, 0.6) is 5.75 Å². The van der Waals surface area contributed by atoms with Crippen LogP contribution in [0.2, 0.25) is 0 Å². The standard InChI is InChI=1S/C13H13NO3S/c1-7(2)12-14-11-9(16-3)5-8(13(15)17-4)6-10(11)18-12/h5-6H,1H2,2-4H3. The number of ether oxygens (including phenoxy) is 2. The summed E-state index contributed by atoms with van der Waals surface area (Å²) in [4.78, 5) is 16.0. The fraction of sp³-hybridized carbons (Fsp3) is 0.231. The van der Waals surface area contributed by atoms with Crippen molar-refractivity contribution >= 4 is 33.1 Å². The Morgan fingerprint density at radius 1 is 1.39 bits per heavy atom. The molecule has 1 aromatic carbocycles. The van der Waals surface area contributed by atoms with Gasteiger partial charge in [-0.1, -0.05) is 6.58 Å². The Morgan fingerprint density at radius 2 is 2.11 bits per heavy atom. The Balaban J connectivity index is 2.67. The van der Waals surface area contributed by atoms with Gasteiger partial charge in [-0.05, 0) is 24.6 Å². The number of thiazole rings is 1. The number of carbonyl (C=O) groups excluding carboxylic acids is 1. The van der Waals surface area contributed by atoms with Crippen LogP contribution in [0.1, 0.15) is 22.3 Å². The van der Waals surface area contributed by atoms with Gasteiger partial charge < -0.3 is 9.47 Å². The smallest absolute Gasteiger partial charge is 0.338 e. The maximum absolute atomic E-state index is 11.6. The highest BCUT2D eigenvalue weighted by Gasteiger charge is 2.15. The molecule has 0 amide bonds. The molecule has 0 saturated carbocycles. The lowest BCUT2D eigenvalue weighted by molar-refractivity contribution is 0.0600. The first-order valence-corrected chi connectivity index (χ1v) is 6.11. The summed E-state index contributed by atoms with van der Waals surface area (Å²) in [5, 5.41) is 0.838. The minimum atomic E-state index is -0.388. The molecule has 1 heterocycles. The van der Waals surface area contributed by atoms with E-state index in [1.54, 1.807) is 19.2 Å². The number of aromatic nitrogens is 1. The molecule has 2 rings (SSSR count). The number of hydrogen-bond donors (Lipinski definition) is 0. The van der Waals surface area contributed by atoms with E-state index in [1.807, 2.05) is 6.92 Å². The van der Waals surface area contributed by atoms with E-state index in [2.05, 4.69) is 11.6 Å². The second-order valence-corrected chi connectivity index (χ2v) is 4.85. The van der Waals surface area contributed by atoms with Crippen LogP contribution in [0.25, 0.3) is 15.8 Å². The second kappa shape index (κ2) is 4.78. The van der Waals surface area contributed by atoms with Gasteiger partial charge in [0.1, 0.15) is 16.3 Å². The molecule has 2 aromatic rings. The lowest BCUT2D eigenvalue weighted by Crippen LogP contribution is -2.01. The molecule has 0 bridgehead atoms. The van der Waals surface area contributed by atoms with E-state index in [0.29, 0.717) is 11.3 Å². The van der Waals surface area contributed by atoms with Gasteiger partial charge in [-0.2, -0.15) is 0 Å². The maximum atomic E-state index is 11.6. The van der Waals surface area contributed by atoms with Gasteiger partial charge >= 0.3 is 5.97 Å². The average molecular weight is 263 g/mol. The van der Waals surface area contributed by atoms with Crippen LogP contribution in [-0.2, 0) is 4.74 Å². The molecule has 0 saturated heterocycles. The first-order chi connectivity index (χ1) is 8.56. The third-order valence-corrected chi connectivity index (χ3v) is 3.63. The van der Waals surface area contributed by atoms with Crippen LogP contribution in [0, 0.1) is 0 Å². The van der Waals surface area contributed by atoms with Crippen molar-refractivity contribution in [1.29, 1.82) is 0 Å². The predicted molar refractivity (Wildman–Crippen MR) is 72.2 cm³/mol. The van der Waals surface area contributed by atoms with Crippen molar-refractivity contribution in [2.75, 3.05) is 14.2 Å². The Labute approximate surface area is 109 Å². The molecule has 0 fully saturated rings. The van der Waals surface area contributed by atoms with Gasteiger partial charge in [0.15, 0.2) is 0 Å². The van der Waals surface area contributed by atoms with Gasteiger partial charge in [-0.3, -0.25) is 0 Å². The SMILES string of the molecule is C=C(C)c1nc2c(OC)cc(C(=O)OC)cc2s1. The van der Waals surface area contributed by atoms with Crippen LogP contribution in [0.3, 0.4) is 0 Å². The van der Waals surface area contributed by atoms with Gasteiger partial charge in [0, 0.05) is 0 Å². The zero-order valence-electron chi connectivity index (χ0n) is 10.4. The fourth-order valence-electron chi connectivity index (χ4n) is 1.57. The minimum Gasteiger partial charge on any atom is -0.494 e. The minimum absolute atomic E-state index is 0.388. The number of rotatable bonds is 3. The van der Waals surface area contributed by atoms with Crippen molar-refractivity contribution in [1.82, 2.24) is 4.98 Å². The molecule has 0 N–H and O–H groups in total. The number of nitrogens with zero attached hydrogens (tertiary/aromatic N) is 1. The predicted octanol–water partition coefficient (Wildman–Crippen LogP) is 3.12. The number of benzene rings is 1. The van der Waals surface area contributed by atoms with Crippen LogP contribution < -0.4 is 4.74 Å². The topological polar surface area (TPSA) is 48.4 Å². The number of hydrogen-bond acceptors (Lipinski definition) is 5. The summed E-state index contributed by atoms with van der Waals surface area (Å²) in [5.41, 5.74) is 2.09. The quantitative estimate of drug-likeness (QED) is 0.798. The van der Waals surface area contributed by atoms with Crippen LogP contribution in [-0.4, -0.2) is 25.2 Å². The first-order valence-electron chi connectivity index (χ1n) is 5.29. The molecule has 5 heteroatoms. The summed E-state index contributed by atoms with van der Waals surface area (Å²) in [6.07, 6.45) is 0. The molecule has 0 unspecified atom stereocenters. The number of fused-ring (bicyclic) bond motifs is 1. The third kappa shape index (κ3) is 2.09. The largest absolute Gasteiger partial charge is 0.494 e. The molecule has 0 atom stereocenters. The molecule has 94 valence electrons. The Bertz CT molecular complexity index is 630. The highest BCUT2D eigenvalue weighted by molar-refractivity contribution is 7.19. The summed E-state index contributed by atoms with van der Waals surface area (Å²) in [5.74, 6) is 0.178. The summed E-state index contributed by atoms with van der Waals surface area (Å²) in [6, 6.07) is 3.39. The summed E-state index contributed by atoms with van der Waals surface area (Å²) < 4.78 is 10.9. The van der Waals surface area contributed by atoms with E-state index in [9.17, 15) is 4.79 Å². The van der Waals surface area contributed by atoms with E-state index >= 15 is 0 Å². The Hall–Kier alpha value is -1.88. The van der Waals surface area contributed by atoms with Gasteiger partial charge in [-0.15, -0.1) is 11.3 Å². The zero-order valence-corrected chi connectivity index (χ0v) is 11.3. The van der Waals surface area contributed by atoms with E-state index in [1.165, 1.54) is 18.4 Å². The van der Waals surface area contributed by atoms with Crippen molar-refractivity contribution in [3.63, 3.8) is 0 Å². The molecule has 0 radical (unpaired) electrons. The van der Waals surface area contributed by atoms with Crippen molar-refractivity contribution in [3.05, 3.63) is 29.3 Å². The summed E-state index contributed by atoms with van der Waals surface area (Å²) in [6.45, 7) is 5.76. The van der Waals surface area contributed by atoms with E-state index in [4.69, 9.17) is 9.47 Å². The molecule has 0 aliphatic heterocycles. The van der Waals surface area contributed by atoms with Crippen LogP contribution >= 0.6 is 11.3 Å². The molecule has 18 heavy (non-hydrogen) atoms. The molecule has 0 aliphatic rings. The molecule has 0 spiro atoms. The fourth-order valence-corrected chi connectivity index (χ4v) is 2.52. The zero-order chi connectivity index (χ0) is 13.3. The van der Waals surface area contributed by atoms with Gasteiger partial charge in [0.05, 0.1) is 24.5 Å². The lowest BCUT2D eigenvalue weighted by Gasteiger charge is -2.03. The van der Waals surface area contributed by atoms with E-state index in [-0.39, 0.29) is 5.97 Å². The summed E-state index contributed by atoms with van der Waals surface area (Å²) in [7, 11) is 2.90. The van der Waals surface area contributed by atoms with Crippen molar-refractivity contribution in [2.24, 2.45) is 0 Å². The maximum Gasteiger partial charge on any atom is 0.338 e. The molecule has 4 nitrogen and oxygen atoms in total.